The molecule has 0 saturated carbocycles. The van der Waals surface area contributed by atoms with Crippen LogP contribution in [0.5, 0.6) is 0 Å². The molecule has 2 N–H and O–H groups in total. The second kappa shape index (κ2) is 6.93. The standard InChI is InChI=1S/C11H20N2O2S/c1-3-5-16-6-4-13-10(14)7-15-11(2)8-12-9-11/h3,12H,1,4-9H2,2H3,(H,13,14). The number of carbonyl (C=O) groups is 1. The van der Waals surface area contributed by atoms with Gasteiger partial charge in [0.05, 0.1) is 5.60 Å². The van der Waals surface area contributed by atoms with Gasteiger partial charge in [-0.3, -0.25) is 4.79 Å². The number of rotatable bonds is 8. The lowest BCUT2D eigenvalue weighted by Crippen LogP contribution is -2.59. The van der Waals surface area contributed by atoms with Gasteiger partial charge in [-0.1, -0.05) is 6.08 Å². The minimum atomic E-state index is -0.144. The largest absolute Gasteiger partial charge is 0.363 e. The van der Waals surface area contributed by atoms with Crippen molar-refractivity contribution in [3.8, 4) is 0 Å². The SMILES string of the molecule is C=CCSCCNC(=O)COC1(C)CNC1. The number of amides is 1. The first-order valence-corrected chi connectivity index (χ1v) is 6.62. The molecule has 1 aliphatic heterocycles. The summed E-state index contributed by atoms with van der Waals surface area (Å²) in [5.41, 5.74) is -0.144. The van der Waals surface area contributed by atoms with Crippen LogP contribution in [-0.4, -0.2) is 49.3 Å². The minimum Gasteiger partial charge on any atom is -0.363 e. The summed E-state index contributed by atoms with van der Waals surface area (Å²) in [6.07, 6.45) is 1.86. The van der Waals surface area contributed by atoms with E-state index in [1.54, 1.807) is 11.8 Å². The highest BCUT2D eigenvalue weighted by Crippen LogP contribution is 2.14. The van der Waals surface area contributed by atoms with Crippen LogP contribution < -0.4 is 10.6 Å². The predicted molar refractivity (Wildman–Crippen MR) is 67.8 cm³/mol. The third-order valence-corrected chi connectivity index (χ3v) is 3.32. The van der Waals surface area contributed by atoms with Gasteiger partial charge < -0.3 is 15.4 Å². The molecular weight excluding hydrogens is 224 g/mol. The molecule has 5 heteroatoms. The van der Waals surface area contributed by atoms with Gasteiger partial charge >= 0.3 is 0 Å². The third-order valence-electron chi connectivity index (χ3n) is 2.35. The summed E-state index contributed by atoms with van der Waals surface area (Å²) in [4.78, 5) is 11.4. The van der Waals surface area contributed by atoms with Crippen LogP contribution >= 0.6 is 11.8 Å². The van der Waals surface area contributed by atoms with Crippen molar-refractivity contribution in [3.63, 3.8) is 0 Å². The molecule has 0 spiro atoms. The van der Waals surface area contributed by atoms with E-state index in [1.807, 2.05) is 13.0 Å². The monoisotopic (exact) mass is 244 g/mol. The summed E-state index contributed by atoms with van der Waals surface area (Å²) in [5, 5.41) is 5.95. The maximum absolute atomic E-state index is 11.4. The normalized spacial score (nSPS) is 17.6. The molecule has 1 heterocycles. The summed E-state index contributed by atoms with van der Waals surface area (Å²) in [7, 11) is 0. The third kappa shape index (κ3) is 5.01. The van der Waals surface area contributed by atoms with Gasteiger partial charge in [0.15, 0.2) is 0 Å². The Balaban J connectivity index is 1.96. The lowest BCUT2D eigenvalue weighted by Gasteiger charge is -2.38. The molecule has 1 rings (SSSR count). The molecular formula is C11H20N2O2S. The Hall–Kier alpha value is -0.520. The number of hydrogen-bond donors (Lipinski definition) is 2. The molecule has 1 aliphatic rings. The van der Waals surface area contributed by atoms with E-state index in [4.69, 9.17) is 4.74 Å². The number of carbonyl (C=O) groups excluding carboxylic acids is 1. The highest BCUT2D eigenvalue weighted by Gasteiger charge is 2.32. The number of thioether (sulfide) groups is 1. The van der Waals surface area contributed by atoms with Crippen molar-refractivity contribution >= 4 is 17.7 Å². The van der Waals surface area contributed by atoms with Crippen LogP contribution in [0.1, 0.15) is 6.92 Å². The van der Waals surface area contributed by atoms with Crippen LogP contribution in [0.4, 0.5) is 0 Å². The molecule has 0 unspecified atom stereocenters. The first-order valence-electron chi connectivity index (χ1n) is 5.46. The Bertz CT molecular complexity index is 242. The van der Waals surface area contributed by atoms with Crippen molar-refractivity contribution < 1.29 is 9.53 Å². The zero-order valence-electron chi connectivity index (χ0n) is 9.75. The molecule has 1 amide bonds. The average Bonchev–Trinajstić information content (AvgIpc) is 2.23. The maximum atomic E-state index is 11.4. The molecule has 1 saturated heterocycles. The molecule has 0 aromatic rings. The Morgan fingerprint density at radius 2 is 2.44 bits per heavy atom. The summed E-state index contributed by atoms with van der Waals surface area (Å²) < 4.78 is 5.51. The smallest absolute Gasteiger partial charge is 0.246 e. The zero-order valence-corrected chi connectivity index (χ0v) is 10.6. The van der Waals surface area contributed by atoms with Gasteiger partial charge in [0.2, 0.25) is 5.91 Å². The van der Waals surface area contributed by atoms with Gasteiger partial charge in [-0.15, -0.1) is 6.58 Å². The lowest BCUT2D eigenvalue weighted by atomic mass is 10.0. The Labute approximate surface area is 101 Å². The van der Waals surface area contributed by atoms with Crippen molar-refractivity contribution in [3.05, 3.63) is 12.7 Å². The van der Waals surface area contributed by atoms with E-state index in [2.05, 4.69) is 17.2 Å². The van der Waals surface area contributed by atoms with Crippen LogP contribution in [0.25, 0.3) is 0 Å². The molecule has 0 aliphatic carbocycles. The minimum absolute atomic E-state index is 0.0349. The fourth-order valence-corrected chi connectivity index (χ4v) is 1.88. The predicted octanol–water partition coefficient (Wildman–Crippen LogP) is 0.400. The molecule has 16 heavy (non-hydrogen) atoms. The van der Waals surface area contributed by atoms with Crippen molar-refractivity contribution in [2.45, 2.75) is 12.5 Å². The summed E-state index contributed by atoms with van der Waals surface area (Å²) >= 11 is 1.75. The summed E-state index contributed by atoms with van der Waals surface area (Å²) in [6.45, 7) is 8.15. The van der Waals surface area contributed by atoms with E-state index in [1.165, 1.54) is 0 Å². The topological polar surface area (TPSA) is 50.4 Å². The Morgan fingerprint density at radius 3 is 3.00 bits per heavy atom. The quantitative estimate of drug-likeness (QED) is 0.479. The van der Waals surface area contributed by atoms with E-state index < -0.39 is 0 Å². The first-order chi connectivity index (χ1) is 7.66. The maximum Gasteiger partial charge on any atom is 0.246 e. The zero-order chi connectivity index (χ0) is 11.9. The fraction of sp³-hybridized carbons (Fsp3) is 0.727. The van der Waals surface area contributed by atoms with Crippen molar-refractivity contribution in [2.75, 3.05) is 37.7 Å². The van der Waals surface area contributed by atoms with Crippen LogP contribution in [0.2, 0.25) is 0 Å². The molecule has 0 radical (unpaired) electrons. The highest BCUT2D eigenvalue weighted by molar-refractivity contribution is 7.99. The van der Waals surface area contributed by atoms with E-state index in [-0.39, 0.29) is 18.1 Å². The summed E-state index contributed by atoms with van der Waals surface area (Å²) in [5.74, 6) is 1.81. The van der Waals surface area contributed by atoms with E-state index in [9.17, 15) is 4.79 Å². The molecule has 1 fully saturated rings. The molecule has 4 nitrogen and oxygen atoms in total. The fourth-order valence-electron chi connectivity index (χ4n) is 1.30. The Kier molecular flexibility index (Phi) is 5.87. The number of ether oxygens (including phenoxy) is 1. The van der Waals surface area contributed by atoms with Gasteiger partial charge in [-0.2, -0.15) is 11.8 Å². The van der Waals surface area contributed by atoms with Gasteiger partial charge in [-0.05, 0) is 6.92 Å². The highest BCUT2D eigenvalue weighted by atomic mass is 32.2. The van der Waals surface area contributed by atoms with Crippen LogP contribution in [-0.2, 0) is 9.53 Å². The summed E-state index contributed by atoms with van der Waals surface area (Å²) in [6, 6.07) is 0. The van der Waals surface area contributed by atoms with Gasteiger partial charge in [0, 0.05) is 31.1 Å². The van der Waals surface area contributed by atoms with Crippen molar-refractivity contribution in [2.24, 2.45) is 0 Å². The van der Waals surface area contributed by atoms with E-state index in [0.29, 0.717) is 6.54 Å². The van der Waals surface area contributed by atoms with Crippen LogP contribution in [0, 0.1) is 0 Å². The van der Waals surface area contributed by atoms with Crippen molar-refractivity contribution in [1.82, 2.24) is 10.6 Å². The average molecular weight is 244 g/mol. The molecule has 92 valence electrons. The van der Waals surface area contributed by atoms with E-state index in [0.717, 1.165) is 24.6 Å². The van der Waals surface area contributed by atoms with Gasteiger partial charge in [0.25, 0.3) is 0 Å². The second-order valence-corrected chi connectivity index (χ2v) is 5.21. The van der Waals surface area contributed by atoms with Gasteiger partial charge in [-0.25, -0.2) is 0 Å². The van der Waals surface area contributed by atoms with E-state index >= 15 is 0 Å². The van der Waals surface area contributed by atoms with Crippen LogP contribution in [0.15, 0.2) is 12.7 Å². The van der Waals surface area contributed by atoms with Gasteiger partial charge in [0.1, 0.15) is 6.61 Å². The number of hydrogen-bond acceptors (Lipinski definition) is 4. The molecule has 0 aromatic heterocycles. The second-order valence-electron chi connectivity index (χ2n) is 4.06. The lowest BCUT2D eigenvalue weighted by molar-refractivity contribution is -0.135. The molecule has 0 bridgehead atoms. The van der Waals surface area contributed by atoms with Crippen LogP contribution in [0.3, 0.4) is 0 Å². The first kappa shape index (κ1) is 13.5. The molecule has 0 atom stereocenters. The Morgan fingerprint density at radius 1 is 1.69 bits per heavy atom. The number of nitrogens with one attached hydrogen (secondary N) is 2. The molecule has 0 aromatic carbocycles. The van der Waals surface area contributed by atoms with Crippen molar-refractivity contribution in [1.29, 1.82) is 0 Å².